The van der Waals surface area contributed by atoms with E-state index < -0.39 is 5.41 Å². The number of halogens is 1. The molecule has 5 nitrogen and oxygen atoms in total. The minimum absolute atomic E-state index is 0.00557. The van der Waals surface area contributed by atoms with Gasteiger partial charge in [0.2, 0.25) is 5.91 Å². The van der Waals surface area contributed by atoms with Gasteiger partial charge in [-0.15, -0.1) is 0 Å². The number of fused-ring (bicyclic) bond motifs is 1. The SMILES string of the molecule is CCC(CC)(CN)C(=O)NCc1cc(Br)c2c(c1)OCCO2. The summed E-state index contributed by atoms with van der Waals surface area (Å²) < 4.78 is 12.0. The van der Waals surface area contributed by atoms with E-state index in [-0.39, 0.29) is 5.91 Å². The molecule has 1 amide bonds. The quantitative estimate of drug-likeness (QED) is 0.806. The Morgan fingerprint density at radius 1 is 1.32 bits per heavy atom. The Kier molecular flexibility index (Phi) is 5.69. The number of carbonyl (C=O) groups is 1. The number of nitrogens with one attached hydrogen (secondary N) is 1. The van der Waals surface area contributed by atoms with E-state index in [0.717, 1.165) is 28.6 Å². The van der Waals surface area contributed by atoms with Crippen LogP contribution in [0.2, 0.25) is 0 Å². The Morgan fingerprint density at radius 2 is 2.00 bits per heavy atom. The second-order valence-electron chi connectivity index (χ2n) is 5.48. The van der Waals surface area contributed by atoms with Crippen molar-refractivity contribution in [1.29, 1.82) is 0 Å². The summed E-state index contributed by atoms with van der Waals surface area (Å²) in [6.45, 7) is 5.88. The molecule has 0 unspecified atom stereocenters. The van der Waals surface area contributed by atoms with Gasteiger partial charge in [-0.25, -0.2) is 0 Å². The molecule has 0 radical (unpaired) electrons. The maximum Gasteiger partial charge on any atom is 0.227 e. The molecule has 1 aliphatic rings. The number of rotatable bonds is 6. The zero-order valence-corrected chi connectivity index (χ0v) is 14.7. The molecule has 1 aromatic carbocycles. The lowest BCUT2D eigenvalue weighted by Crippen LogP contribution is -2.45. The molecule has 1 heterocycles. The molecule has 0 atom stereocenters. The number of hydrogen-bond donors (Lipinski definition) is 2. The molecule has 0 fully saturated rings. The van der Waals surface area contributed by atoms with Gasteiger partial charge in [-0.05, 0) is 46.5 Å². The summed E-state index contributed by atoms with van der Waals surface area (Å²) in [6, 6.07) is 3.84. The monoisotopic (exact) mass is 370 g/mol. The summed E-state index contributed by atoms with van der Waals surface area (Å²) >= 11 is 3.48. The molecule has 1 aromatic rings. The maximum absolute atomic E-state index is 12.4. The second-order valence-corrected chi connectivity index (χ2v) is 6.33. The van der Waals surface area contributed by atoms with Crippen LogP contribution in [0.1, 0.15) is 32.3 Å². The minimum atomic E-state index is -0.481. The Hall–Kier alpha value is -1.27. The van der Waals surface area contributed by atoms with E-state index in [2.05, 4.69) is 21.2 Å². The second kappa shape index (κ2) is 7.33. The van der Waals surface area contributed by atoms with E-state index in [4.69, 9.17) is 15.2 Å². The predicted molar refractivity (Wildman–Crippen MR) is 89.0 cm³/mol. The van der Waals surface area contributed by atoms with E-state index in [9.17, 15) is 4.79 Å². The lowest BCUT2D eigenvalue weighted by molar-refractivity contribution is -0.131. The molecule has 0 spiro atoms. The van der Waals surface area contributed by atoms with Crippen LogP contribution in [0.3, 0.4) is 0 Å². The van der Waals surface area contributed by atoms with Crippen molar-refractivity contribution in [3.8, 4) is 11.5 Å². The van der Waals surface area contributed by atoms with Gasteiger partial charge in [0.05, 0.1) is 9.89 Å². The third kappa shape index (κ3) is 3.38. The van der Waals surface area contributed by atoms with E-state index in [1.807, 2.05) is 26.0 Å². The highest BCUT2D eigenvalue weighted by Gasteiger charge is 2.33. The zero-order chi connectivity index (χ0) is 16.2. The van der Waals surface area contributed by atoms with Crippen LogP contribution in [0.5, 0.6) is 11.5 Å². The van der Waals surface area contributed by atoms with Crippen molar-refractivity contribution in [2.24, 2.45) is 11.1 Å². The molecule has 0 aromatic heterocycles. The molecule has 3 N–H and O–H groups in total. The minimum Gasteiger partial charge on any atom is -0.486 e. The van der Waals surface area contributed by atoms with Crippen molar-refractivity contribution in [2.75, 3.05) is 19.8 Å². The third-order valence-corrected chi connectivity index (χ3v) is 4.92. The van der Waals surface area contributed by atoms with Gasteiger partial charge in [-0.2, -0.15) is 0 Å². The van der Waals surface area contributed by atoms with Crippen LogP contribution >= 0.6 is 15.9 Å². The summed E-state index contributed by atoms with van der Waals surface area (Å²) in [5.41, 5.74) is 6.29. The van der Waals surface area contributed by atoms with Gasteiger partial charge in [0, 0.05) is 13.1 Å². The number of benzene rings is 1. The Bertz CT molecular complexity index is 536. The molecular weight excluding hydrogens is 348 g/mol. The highest BCUT2D eigenvalue weighted by molar-refractivity contribution is 9.10. The van der Waals surface area contributed by atoms with E-state index in [1.165, 1.54) is 0 Å². The summed E-state index contributed by atoms with van der Waals surface area (Å²) in [5, 5.41) is 2.99. The topological polar surface area (TPSA) is 73.6 Å². The predicted octanol–water partition coefficient (Wildman–Crippen LogP) is 2.60. The van der Waals surface area contributed by atoms with Crippen LogP contribution in [0.15, 0.2) is 16.6 Å². The Morgan fingerprint density at radius 3 is 2.64 bits per heavy atom. The molecular formula is C16H23BrN2O3. The van der Waals surface area contributed by atoms with Gasteiger partial charge in [0.1, 0.15) is 13.2 Å². The largest absolute Gasteiger partial charge is 0.486 e. The van der Waals surface area contributed by atoms with Crippen molar-refractivity contribution >= 4 is 21.8 Å². The number of nitrogens with two attached hydrogens (primary N) is 1. The van der Waals surface area contributed by atoms with Crippen LogP contribution in [0.4, 0.5) is 0 Å². The van der Waals surface area contributed by atoms with Gasteiger partial charge < -0.3 is 20.5 Å². The highest BCUT2D eigenvalue weighted by Crippen LogP contribution is 2.38. The van der Waals surface area contributed by atoms with Crippen LogP contribution in [-0.4, -0.2) is 25.7 Å². The summed E-state index contributed by atoms with van der Waals surface area (Å²) in [6.07, 6.45) is 1.47. The maximum atomic E-state index is 12.4. The fourth-order valence-corrected chi connectivity index (χ4v) is 3.19. The van der Waals surface area contributed by atoms with E-state index >= 15 is 0 Å². The molecule has 122 valence electrons. The van der Waals surface area contributed by atoms with E-state index in [0.29, 0.717) is 32.1 Å². The fraction of sp³-hybridized carbons (Fsp3) is 0.562. The first-order valence-corrected chi connectivity index (χ1v) is 8.42. The zero-order valence-electron chi connectivity index (χ0n) is 13.1. The molecule has 0 bridgehead atoms. The molecule has 0 saturated heterocycles. The lowest BCUT2D eigenvalue weighted by Gasteiger charge is -2.28. The Labute approximate surface area is 139 Å². The van der Waals surface area contributed by atoms with Crippen molar-refractivity contribution in [1.82, 2.24) is 5.32 Å². The highest BCUT2D eigenvalue weighted by atomic mass is 79.9. The molecule has 1 aliphatic heterocycles. The molecule has 0 aliphatic carbocycles. The molecule has 6 heteroatoms. The smallest absolute Gasteiger partial charge is 0.227 e. The van der Waals surface area contributed by atoms with Gasteiger partial charge in [0.25, 0.3) is 0 Å². The first-order valence-electron chi connectivity index (χ1n) is 7.62. The van der Waals surface area contributed by atoms with Crippen LogP contribution in [0.25, 0.3) is 0 Å². The lowest BCUT2D eigenvalue weighted by atomic mass is 9.81. The first-order chi connectivity index (χ1) is 10.6. The number of amides is 1. The van der Waals surface area contributed by atoms with Crippen molar-refractivity contribution in [3.63, 3.8) is 0 Å². The summed E-state index contributed by atoms with van der Waals surface area (Å²) in [4.78, 5) is 12.4. The number of hydrogen-bond acceptors (Lipinski definition) is 4. The van der Waals surface area contributed by atoms with Gasteiger partial charge in [0.15, 0.2) is 11.5 Å². The number of ether oxygens (including phenoxy) is 2. The van der Waals surface area contributed by atoms with Gasteiger partial charge in [-0.1, -0.05) is 13.8 Å². The van der Waals surface area contributed by atoms with Gasteiger partial charge in [-0.3, -0.25) is 4.79 Å². The fourth-order valence-electron chi connectivity index (χ4n) is 2.59. The molecule has 2 rings (SSSR count). The van der Waals surface area contributed by atoms with Crippen LogP contribution < -0.4 is 20.5 Å². The molecule has 22 heavy (non-hydrogen) atoms. The van der Waals surface area contributed by atoms with Crippen molar-refractivity contribution < 1.29 is 14.3 Å². The Balaban J connectivity index is 2.08. The summed E-state index contributed by atoms with van der Waals surface area (Å²) in [5.74, 6) is 1.44. The summed E-state index contributed by atoms with van der Waals surface area (Å²) in [7, 11) is 0. The van der Waals surface area contributed by atoms with E-state index in [1.54, 1.807) is 0 Å². The van der Waals surface area contributed by atoms with Crippen molar-refractivity contribution in [2.45, 2.75) is 33.2 Å². The van der Waals surface area contributed by atoms with Crippen LogP contribution in [-0.2, 0) is 11.3 Å². The first kappa shape index (κ1) is 17.1. The van der Waals surface area contributed by atoms with Crippen LogP contribution in [0, 0.1) is 5.41 Å². The number of carbonyl (C=O) groups excluding carboxylic acids is 1. The average Bonchev–Trinajstić information content (AvgIpc) is 2.55. The van der Waals surface area contributed by atoms with Crippen molar-refractivity contribution in [3.05, 3.63) is 22.2 Å². The normalized spacial score (nSPS) is 13.8. The average molecular weight is 371 g/mol. The standard InChI is InChI=1S/C16H23BrN2O3/c1-3-16(4-2,10-18)15(20)19-9-11-7-12(17)14-13(8-11)21-5-6-22-14/h7-8H,3-6,9-10,18H2,1-2H3,(H,19,20). The third-order valence-electron chi connectivity index (χ3n) is 4.34. The van der Waals surface area contributed by atoms with Gasteiger partial charge >= 0.3 is 0 Å². The molecule has 0 saturated carbocycles.